The topological polar surface area (TPSA) is 0 Å². The monoisotopic (exact) mass is 266 g/mol. The molecular weight excluding hydrogens is 232 g/mol. The average Bonchev–Trinajstić information content (AvgIpc) is 2.11. The minimum absolute atomic E-state index is 0.517. The van der Waals surface area contributed by atoms with Gasteiger partial charge in [-0.2, -0.15) is 0 Å². The first-order chi connectivity index (χ1) is 8.17. The molecular formula is C17H34Si. The van der Waals surface area contributed by atoms with Gasteiger partial charge in [0.25, 0.3) is 0 Å². The van der Waals surface area contributed by atoms with Gasteiger partial charge in [-0.1, -0.05) is 55.4 Å². The molecule has 0 unspecified atom stereocenters. The predicted molar refractivity (Wildman–Crippen MR) is 87.3 cm³/mol. The quantitative estimate of drug-likeness (QED) is 0.433. The number of hydrogen-bond acceptors (Lipinski definition) is 0. The van der Waals surface area contributed by atoms with E-state index in [9.17, 15) is 0 Å². The molecule has 0 spiro atoms. The van der Waals surface area contributed by atoms with E-state index < -0.39 is 8.07 Å². The third kappa shape index (κ3) is 7.98. The lowest BCUT2D eigenvalue weighted by Crippen LogP contribution is -2.37. The SMILES string of the molecule is CC(C)C#C[Si](CC(C)C)(CC(C)C)CC(C)C. The predicted octanol–water partition coefficient (Wildman–Crippen LogP) is 5.60. The van der Waals surface area contributed by atoms with Crippen LogP contribution in [0, 0.1) is 35.1 Å². The van der Waals surface area contributed by atoms with Gasteiger partial charge in [0.1, 0.15) is 8.07 Å². The first kappa shape index (κ1) is 17.8. The Kier molecular flexibility index (Phi) is 7.95. The highest BCUT2D eigenvalue weighted by atomic mass is 28.3. The van der Waals surface area contributed by atoms with Gasteiger partial charge in [-0.3, -0.25) is 0 Å². The van der Waals surface area contributed by atoms with Crippen LogP contribution in [0.5, 0.6) is 0 Å². The lowest BCUT2D eigenvalue weighted by atomic mass is 10.2. The summed E-state index contributed by atoms with van der Waals surface area (Å²) in [5.74, 6) is 6.39. The van der Waals surface area contributed by atoms with Gasteiger partial charge in [0.05, 0.1) is 0 Å². The average molecular weight is 267 g/mol. The maximum atomic E-state index is 3.82. The van der Waals surface area contributed by atoms with E-state index >= 15 is 0 Å². The molecule has 0 aromatic carbocycles. The van der Waals surface area contributed by atoms with Crippen molar-refractivity contribution >= 4 is 8.07 Å². The van der Waals surface area contributed by atoms with Crippen LogP contribution in [-0.2, 0) is 0 Å². The summed E-state index contributed by atoms with van der Waals surface area (Å²) in [4.78, 5) is 0. The van der Waals surface area contributed by atoms with Crippen LogP contribution in [0.25, 0.3) is 0 Å². The highest BCUT2D eigenvalue weighted by Gasteiger charge is 2.33. The minimum Gasteiger partial charge on any atom is -0.131 e. The van der Waals surface area contributed by atoms with Crippen molar-refractivity contribution < 1.29 is 0 Å². The zero-order valence-corrected chi connectivity index (χ0v) is 14.9. The highest BCUT2D eigenvalue weighted by molar-refractivity contribution is 6.87. The molecule has 0 N–H and O–H groups in total. The summed E-state index contributed by atoms with van der Waals surface area (Å²) in [6, 6.07) is 4.13. The van der Waals surface area contributed by atoms with Gasteiger partial charge in [-0.05, 0) is 35.9 Å². The van der Waals surface area contributed by atoms with Gasteiger partial charge >= 0.3 is 0 Å². The second-order valence-electron chi connectivity index (χ2n) is 7.50. The van der Waals surface area contributed by atoms with Crippen LogP contribution in [0.2, 0.25) is 18.1 Å². The van der Waals surface area contributed by atoms with Crippen LogP contribution >= 0.6 is 0 Å². The lowest BCUT2D eigenvalue weighted by molar-refractivity contribution is 0.650. The maximum absolute atomic E-state index is 3.82. The van der Waals surface area contributed by atoms with Crippen molar-refractivity contribution in [2.24, 2.45) is 23.7 Å². The fourth-order valence-corrected chi connectivity index (χ4v) is 9.13. The van der Waals surface area contributed by atoms with Gasteiger partial charge in [-0.25, -0.2) is 0 Å². The molecule has 1 heteroatoms. The second kappa shape index (κ2) is 8.05. The van der Waals surface area contributed by atoms with Gasteiger partial charge in [0, 0.05) is 5.92 Å². The van der Waals surface area contributed by atoms with Crippen LogP contribution in [0.1, 0.15) is 55.4 Å². The summed E-state index contributed by atoms with van der Waals surface area (Å²) >= 11 is 0. The number of hydrogen-bond donors (Lipinski definition) is 0. The van der Waals surface area contributed by atoms with Crippen molar-refractivity contribution in [3.8, 4) is 11.5 Å². The largest absolute Gasteiger partial charge is 0.139 e. The molecule has 0 bridgehead atoms. The Bertz CT molecular complexity index is 249. The van der Waals surface area contributed by atoms with Crippen molar-refractivity contribution in [3.05, 3.63) is 0 Å². The van der Waals surface area contributed by atoms with Gasteiger partial charge in [0.2, 0.25) is 0 Å². The first-order valence-electron chi connectivity index (χ1n) is 7.69. The zero-order valence-electron chi connectivity index (χ0n) is 13.9. The van der Waals surface area contributed by atoms with E-state index in [1.165, 1.54) is 18.1 Å². The van der Waals surface area contributed by atoms with E-state index in [1.54, 1.807) is 0 Å². The molecule has 0 atom stereocenters. The fourth-order valence-electron chi connectivity index (χ4n) is 3.04. The van der Waals surface area contributed by atoms with E-state index in [0.717, 1.165) is 17.8 Å². The molecule has 0 saturated carbocycles. The lowest BCUT2D eigenvalue weighted by Gasteiger charge is -2.31. The summed E-state index contributed by atoms with van der Waals surface area (Å²) < 4.78 is 0. The molecule has 0 aliphatic rings. The summed E-state index contributed by atoms with van der Waals surface area (Å²) in [7, 11) is -1.41. The Labute approximate surface area is 117 Å². The standard InChI is InChI=1S/C17H34Si/c1-14(2)9-10-18(11-15(3)4,12-16(5)6)13-17(7)8/h14-17H,11-13H2,1-8H3. The van der Waals surface area contributed by atoms with E-state index in [1.807, 2.05) is 0 Å². The van der Waals surface area contributed by atoms with Crippen molar-refractivity contribution in [2.45, 2.75) is 73.5 Å². The Morgan fingerprint density at radius 3 is 1.22 bits per heavy atom. The van der Waals surface area contributed by atoms with Crippen LogP contribution in [-0.4, -0.2) is 8.07 Å². The van der Waals surface area contributed by atoms with Gasteiger partial charge < -0.3 is 0 Å². The smallest absolute Gasteiger partial charge is 0.131 e. The molecule has 0 amide bonds. The minimum atomic E-state index is -1.41. The Morgan fingerprint density at radius 1 is 0.667 bits per heavy atom. The van der Waals surface area contributed by atoms with Crippen molar-refractivity contribution in [2.75, 3.05) is 0 Å². The molecule has 0 aliphatic carbocycles. The molecule has 0 aromatic heterocycles. The van der Waals surface area contributed by atoms with Crippen LogP contribution in [0.4, 0.5) is 0 Å². The van der Waals surface area contributed by atoms with Crippen molar-refractivity contribution in [1.29, 1.82) is 0 Å². The van der Waals surface area contributed by atoms with E-state index in [0.29, 0.717) is 5.92 Å². The molecule has 0 heterocycles. The third-order valence-corrected chi connectivity index (χ3v) is 8.49. The summed E-state index contributed by atoms with van der Waals surface area (Å²) in [6.07, 6.45) is 0. The fraction of sp³-hybridized carbons (Fsp3) is 0.882. The van der Waals surface area contributed by atoms with E-state index in [4.69, 9.17) is 0 Å². The molecule has 0 saturated heterocycles. The summed E-state index contributed by atoms with van der Waals surface area (Å²) in [5, 5.41) is 0. The Hall–Kier alpha value is -0.223. The van der Waals surface area contributed by atoms with Gasteiger partial charge in [0.15, 0.2) is 0 Å². The zero-order chi connectivity index (χ0) is 14.3. The number of rotatable bonds is 6. The molecule has 0 fully saturated rings. The van der Waals surface area contributed by atoms with Gasteiger partial charge in [-0.15, -0.1) is 11.5 Å². The molecule has 18 heavy (non-hydrogen) atoms. The molecule has 0 rings (SSSR count). The molecule has 106 valence electrons. The van der Waals surface area contributed by atoms with Crippen molar-refractivity contribution in [1.82, 2.24) is 0 Å². The summed E-state index contributed by atoms with van der Waals surface area (Å²) in [6.45, 7) is 18.6. The van der Waals surface area contributed by atoms with E-state index in [2.05, 4.69) is 66.9 Å². The Morgan fingerprint density at radius 2 is 1.00 bits per heavy atom. The molecule has 0 radical (unpaired) electrons. The normalized spacial score (nSPS) is 12.4. The maximum Gasteiger partial charge on any atom is 0.139 e. The molecule has 0 nitrogen and oxygen atoms in total. The van der Waals surface area contributed by atoms with Crippen LogP contribution < -0.4 is 0 Å². The van der Waals surface area contributed by atoms with Crippen LogP contribution in [0.3, 0.4) is 0 Å². The third-order valence-electron chi connectivity index (χ3n) is 3.02. The summed E-state index contributed by atoms with van der Waals surface area (Å²) in [5.41, 5.74) is 3.82. The second-order valence-corrected chi connectivity index (χ2v) is 11.5. The molecule has 0 aliphatic heterocycles. The first-order valence-corrected chi connectivity index (χ1v) is 10.3. The highest BCUT2D eigenvalue weighted by Crippen LogP contribution is 2.31. The van der Waals surface area contributed by atoms with Crippen LogP contribution in [0.15, 0.2) is 0 Å². The van der Waals surface area contributed by atoms with Crippen molar-refractivity contribution in [3.63, 3.8) is 0 Å². The van der Waals surface area contributed by atoms with E-state index in [-0.39, 0.29) is 0 Å². The Balaban J connectivity index is 5.19. The molecule has 0 aromatic rings.